The van der Waals surface area contributed by atoms with E-state index in [1.54, 1.807) is 0 Å². The van der Waals surface area contributed by atoms with Crippen molar-refractivity contribution < 1.29 is 4.74 Å². The molecular formula is C13H19N3O. The van der Waals surface area contributed by atoms with E-state index in [2.05, 4.69) is 13.0 Å². The van der Waals surface area contributed by atoms with Gasteiger partial charge in [-0.3, -0.25) is 0 Å². The molecule has 1 fully saturated rings. The van der Waals surface area contributed by atoms with E-state index in [-0.39, 0.29) is 12.1 Å². The van der Waals surface area contributed by atoms with Crippen LogP contribution in [0.1, 0.15) is 42.6 Å². The van der Waals surface area contributed by atoms with E-state index in [0.717, 1.165) is 30.7 Å². The number of hydrogen-bond donors (Lipinski definition) is 1. The Morgan fingerprint density at radius 1 is 1.53 bits per heavy atom. The Labute approximate surface area is 102 Å². The number of nitrogens with zero attached hydrogens (tertiary/aromatic N) is 2. The van der Waals surface area contributed by atoms with Crippen LogP contribution in [0.2, 0.25) is 0 Å². The highest BCUT2D eigenvalue weighted by atomic mass is 16.5. The highest BCUT2D eigenvalue weighted by Crippen LogP contribution is 2.32. The summed E-state index contributed by atoms with van der Waals surface area (Å²) in [4.78, 5) is 0. The molecule has 0 aliphatic carbocycles. The summed E-state index contributed by atoms with van der Waals surface area (Å²) in [6.45, 7) is 6.90. The molecule has 4 heteroatoms. The number of aromatic nitrogens is 1. The van der Waals surface area contributed by atoms with Gasteiger partial charge in [0.2, 0.25) is 0 Å². The van der Waals surface area contributed by atoms with E-state index in [0.29, 0.717) is 11.4 Å². The lowest BCUT2D eigenvalue weighted by molar-refractivity contribution is 0.0734. The Bertz CT molecular complexity index is 464. The van der Waals surface area contributed by atoms with Crippen molar-refractivity contribution in [1.29, 1.82) is 5.26 Å². The van der Waals surface area contributed by atoms with Crippen LogP contribution in [0.15, 0.2) is 0 Å². The number of anilines is 1. The van der Waals surface area contributed by atoms with Crippen LogP contribution in [-0.2, 0) is 4.74 Å². The van der Waals surface area contributed by atoms with Gasteiger partial charge in [0, 0.05) is 12.3 Å². The predicted molar refractivity (Wildman–Crippen MR) is 66.7 cm³/mol. The first-order chi connectivity index (χ1) is 8.07. The van der Waals surface area contributed by atoms with Crippen LogP contribution >= 0.6 is 0 Å². The smallest absolute Gasteiger partial charge is 0.122 e. The maximum absolute atomic E-state index is 9.11. The Balaban J connectivity index is 2.41. The van der Waals surface area contributed by atoms with Crippen molar-refractivity contribution in [2.45, 2.75) is 45.8 Å². The van der Waals surface area contributed by atoms with Gasteiger partial charge < -0.3 is 15.0 Å². The van der Waals surface area contributed by atoms with E-state index >= 15 is 0 Å². The zero-order chi connectivity index (χ0) is 12.6. The van der Waals surface area contributed by atoms with Gasteiger partial charge in [0.05, 0.1) is 17.7 Å². The fourth-order valence-corrected chi connectivity index (χ4v) is 2.67. The molecule has 92 valence electrons. The third kappa shape index (κ3) is 1.81. The largest absolute Gasteiger partial charge is 0.384 e. The predicted octanol–water partition coefficient (Wildman–Crippen LogP) is 2.30. The van der Waals surface area contributed by atoms with Crippen LogP contribution in [0.3, 0.4) is 0 Å². The molecule has 1 aromatic heterocycles. The molecule has 0 amide bonds. The van der Waals surface area contributed by atoms with Gasteiger partial charge in [0.1, 0.15) is 11.9 Å². The maximum Gasteiger partial charge on any atom is 0.122 e. The van der Waals surface area contributed by atoms with Gasteiger partial charge in [-0.05, 0) is 39.2 Å². The molecule has 4 nitrogen and oxygen atoms in total. The number of ether oxygens (including phenoxy) is 1. The quantitative estimate of drug-likeness (QED) is 0.852. The van der Waals surface area contributed by atoms with Gasteiger partial charge in [0.25, 0.3) is 0 Å². The van der Waals surface area contributed by atoms with E-state index in [1.165, 1.54) is 0 Å². The summed E-state index contributed by atoms with van der Waals surface area (Å²) in [5.74, 6) is 0.575. The number of hydrogen-bond acceptors (Lipinski definition) is 3. The van der Waals surface area contributed by atoms with Crippen LogP contribution in [0.5, 0.6) is 0 Å². The lowest BCUT2D eigenvalue weighted by Gasteiger charge is -2.23. The van der Waals surface area contributed by atoms with Crippen molar-refractivity contribution in [3.63, 3.8) is 0 Å². The van der Waals surface area contributed by atoms with Crippen LogP contribution in [0, 0.1) is 25.2 Å². The average Bonchev–Trinajstić information content (AvgIpc) is 2.88. The van der Waals surface area contributed by atoms with Gasteiger partial charge in [-0.2, -0.15) is 5.26 Å². The van der Waals surface area contributed by atoms with Crippen LogP contribution in [0.4, 0.5) is 5.82 Å². The minimum atomic E-state index is 0.193. The first kappa shape index (κ1) is 12.0. The van der Waals surface area contributed by atoms with Crippen molar-refractivity contribution in [3.8, 4) is 6.07 Å². The molecule has 0 saturated carbocycles. The van der Waals surface area contributed by atoms with Gasteiger partial charge in [0.15, 0.2) is 0 Å². The lowest BCUT2D eigenvalue weighted by atomic mass is 10.1. The molecule has 1 saturated heterocycles. The van der Waals surface area contributed by atoms with E-state index < -0.39 is 0 Å². The van der Waals surface area contributed by atoms with E-state index in [1.807, 2.05) is 18.4 Å². The second-order valence-electron chi connectivity index (χ2n) is 4.74. The van der Waals surface area contributed by atoms with Crippen LogP contribution in [0.25, 0.3) is 0 Å². The standard InChI is InChI=1S/C13H19N3O/c1-8-9(2)16(13(15)11(8)7-14)10(3)12-5-4-6-17-12/h10,12H,4-6,15H2,1-3H3. The first-order valence-corrected chi connectivity index (χ1v) is 6.06. The summed E-state index contributed by atoms with van der Waals surface area (Å²) in [5.41, 5.74) is 8.73. The maximum atomic E-state index is 9.11. The Kier molecular flexibility index (Phi) is 3.12. The molecule has 2 atom stereocenters. The fourth-order valence-electron chi connectivity index (χ4n) is 2.67. The molecule has 0 aromatic carbocycles. The summed E-state index contributed by atoms with van der Waals surface area (Å²) in [6, 6.07) is 2.38. The van der Waals surface area contributed by atoms with Gasteiger partial charge in [-0.1, -0.05) is 0 Å². The van der Waals surface area contributed by atoms with Crippen molar-refractivity contribution in [2.24, 2.45) is 0 Å². The third-order valence-corrected chi connectivity index (χ3v) is 3.82. The zero-order valence-corrected chi connectivity index (χ0v) is 10.7. The summed E-state index contributed by atoms with van der Waals surface area (Å²) < 4.78 is 7.75. The second kappa shape index (κ2) is 4.42. The molecule has 0 spiro atoms. The monoisotopic (exact) mass is 233 g/mol. The highest BCUT2D eigenvalue weighted by Gasteiger charge is 2.27. The van der Waals surface area contributed by atoms with Crippen molar-refractivity contribution >= 4 is 5.82 Å². The van der Waals surface area contributed by atoms with Gasteiger partial charge >= 0.3 is 0 Å². The summed E-state index contributed by atoms with van der Waals surface area (Å²) in [6.07, 6.45) is 2.40. The molecule has 2 rings (SSSR count). The molecule has 2 N–H and O–H groups in total. The topological polar surface area (TPSA) is 64.0 Å². The Morgan fingerprint density at radius 2 is 2.24 bits per heavy atom. The highest BCUT2D eigenvalue weighted by molar-refractivity contribution is 5.58. The molecule has 1 aliphatic heterocycles. The molecule has 1 aromatic rings. The number of nitrogens with two attached hydrogens (primary N) is 1. The number of rotatable bonds is 2. The summed E-state index contributed by atoms with van der Waals surface area (Å²) in [5, 5.41) is 9.11. The fraction of sp³-hybridized carbons (Fsp3) is 0.615. The zero-order valence-electron chi connectivity index (χ0n) is 10.7. The summed E-state index contributed by atoms with van der Waals surface area (Å²) >= 11 is 0. The first-order valence-electron chi connectivity index (χ1n) is 6.06. The van der Waals surface area contributed by atoms with Crippen molar-refractivity contribution in [2.75, 3.05) is 12.3 Å². The third-order valence-electron chi connectivity index (χ3n) is 3.82. The minimum absolute atomic E-state index is 0.193. The number of nitriles is 1. The van der Waals surface area contributed by atoms with E-state index in [4.69, 9.17) is 15.7 Å². The van der Waals surface area contributed by atoms with Gasteiger partial charge in [-0.25, -0.2) is 0 Å². The molecule has 0 radical (unpaired) electrons. The molecule has 17 heavy (non-hydrogen) atoms. The molecule has 2 heterocycles. The van der Waals surface area contributed by atoms with Gasteiger partial charge in [-0.15, -0.1) is 0 Å². The minimum Gasteiger partial charge on any atom is -0.384 e. The Morgan fingerprint density at radius 3 is 2.71 bits per heavy atom. The SMILES string of the molecule is Cc1c(C#N)c(N)n(C(C)C2CCCO2)c1C. The van der Waals surface area contributed by atoms with E-state index in [9.17, 15) is 0 Å². The number of nitrogen functional groups attached to an aromatic ring is 1. The molecule has 2 unspecified atom stereocenters. The second-order valence-corrected chi connectivity index (χ2v) is 4.74. The normalized spacial score (nSPS) is 21.4. The van der Waals surface area contributed by atoms with Crippen molar-refractivity contribution in [3.05, 3.63) is 16.8 Å². The molecule has 0 bridgehead atoms. The van der Waals surface area contributed by atoms with Crippen LogP contribution in [-0.4, -0.2) is 17.3 Å². The summed E-state index contributed by atoms with van der Waals surface area (Å²) in [7, 11) is 0. The van der Waals surface area contributed by atoms with Crippen molar-refractivity contribution in [1.82, 2.24) is 4.57 Å². The molecular weight excluding hydrogens is 214 g/mol. The lowest BCUT2D eigenvalue weighted by Crippen LogP contribution is -2.23. The van der Waals surface area contributed by atoms with Crippen LogP contribution < -0.4 is 5.73 Å². The average molecular weight is 233 g/mol. The Hall–Kier alpha value is -1.47. The molecule has 1 aliphatic rings.